The van der Waals surface area contributed by atoms with Gasteiger partial charge in [-0.15, -0.1) is 0 Å². The molecule has 0 spiro atoms. The van der Waals surface area contributed by atoms with Gasteiger partial charge in [0, 0.05) is 23.3 Å². The highest BCUT2D eigenvalue weighted by atomic mass is 16.6. The highest BCUT2D eigenvalue weighted by Crippen LogP contribution is 2.29. The normalized spacial score (nSPS) is 11.7. The number of aryl methyl sites for hydroxylation is 1. The number of pyridine rings is 1. The Labute approximate surface area is 135 Å². The first-order chi connectivity index (χ1) is 10.8. The number of hydrogen-bond donors (Lipinski definition) is 0. The fourth-order valence-electron chi connectivity index (χ4n) is 2.57. The molecule has 0 aliphatic rings. The van der Waals surface area contributed by atoms with Gasteiger partial charge in [0.05, 0.1) is 11.2 Å². The summed E-state index contributed by atoms with van der Waals surface area (Å²) >= 11 is 0. The average molecular weight is 308 g/mol. The van der Waals surface area contributed by atoms with Crippen molar-refractivity contribution >= 4 is 17.0 Å². The Balaban J connectivity index is 2.21. The first-order valence-corrected chi connectivity index (χ1v) is 7.61. The third-order valence-corrected chi connectivity index (χ3v) is 3.46. The SMILES string of the molecule is Cc1cncc(-c2cc3ccccc3n2C(=O)OC(C)(C)C)c1. The van der Waals surface area contributed by atoms with Gasteiger partial charge in [-0.25, -0.2) is 9.36 Å². The molecule has 3 aromatic rings. The Morgan fingerprint density at radius 1 is 1.13 bits per heavy atom. The van der Waals surface area contributed by atoms with E-state index in [0.29, 0.717) is 0 Å². The molecule has 2 heterocycles. The zero-order valence-electron chi connectivity index (χ0n) is 13.8. The molecule has 2 aromatic heterocycles. The summed E-state index contributed by atoms with van der Waals surface area (Å²) in [6.07, 6.45) is 3.18. The molecule has 4 heteroatoms. The van der Waals surface area contributed by atoms with E-state index in [4.69, 9.17) is 4.74 Å². The molecule has 0 saturated carbocycles. The molecule has 0 amide bonds. The fourth-order valence-corrected chi connectivity index (χ4v) is 2.57. The van der Waals surface area contributed by atoms with Crippen molar-refractivity contribution < 1.29 is 9.53 Å². The molecule has 23 heavy (non-hydrogen) atoms. The topological polar surface area (TPSA) is 44.1 Å². The Hall–Kier alpha value is -2.62. The lowest BCUT2D eigenvalue weighted by molar-refractivity contribution is 0.0547. The fraction of sp³-hybridized carbons (Fsp3) is 0.263. The highest BCUT2D eigenvalue weighted by molar-refractivity contribution is 5.96. The van der Waals surface area contributed by atoms with E-state index < -0.39 is 5.60 Å². The van der Waals surface area contributed by atoms with Crippen molar-refractivity contribution in [3.8, 4) is 11.3 Å². The molecule has 0 N–H and O–H groups in total. The predicted octanol–water partition coefficient (Wildman–Crippen LogP) is 4.79. The Bertz CT molecular complexity index is 872. The highest BCUT2D eigenvalue weighted by Gasteiger charge is 2.22. The van der Waals surface area contributed by atoms with Crippen molar-refractivity contribution in [2.45, 2.75) is 33.3 Å². The second-order valence-electron chi connectivity index (χ2n) is 6.66. The molecular formula is C19H20N2O2. The van der Waals surface area contributed by atoms with Gasteiger partial charge in [0.2, 0.25) is 0 Å². The van der Waals surface area contributed by atoms with Crippen LogP contribution in [0.3, 0.4) is 0 Å². The number of carbonyl (C=O) groups is 1. The third-order valence-electron chi connectivity index (χ3n) is 3.46. The summed E-state index contributed by atoms with van der Waals surface area (Å²) in [7, 11) is 0. The van der Waals surface area contributed by atoms with Crippen molar-refractivity contribution in [3.63, 3.8) is 0 Å². The molecule has 0 bridgehead atoms. The van der Waals surface area contributed by atoms with Crippen molar-refractivity contribution in [3.05, 3.63) is 54.4 Å². The molecule has 0 saturated heterocycles. The van der Waals surface area contributed by atoms with Crippen LogP contribution in [0.4, 0.5) is 4.79 Å². The van der Waals surface area contributed by atoms with Gasteiger partial charge in [0.15, 0.2) is 0 Å². The maximum atomic E-state index is 12.7. The molecule has 4 nitrogen and oxygen atoms in total. The molecule has 0 aliphatic carbocycles. The second kappa shape index (κ2) is 5.54. The van der Waals surface area contributed by atoms with Crippen LogP contribution in [-0.2, 0) is 4.74 Å². The minimum atomic E-state index is -0.551. The lowest BCUT2D eigenvalue weighted by atomic mass is 10.1. The van der Waals surface area contributed by atoms with Gasteiger partial charge in [-0.1, -0.05) is 18.2 Å². The van der Waals surface area contributed by atoms with E-state index in [0.717, 1.165) is 27.7 Å². The quantitative estimate of drug-likeness (QED) is 0.649. The van der Waals surface area contributed by atoms with E-state index in [1.807, 2.05) is 64.1 Å². The van der Waals surface area contributed by atoms with E-state index >= 15 is 0 Å². The predicted molar refractivity (Wildman–Crippen MR) is 91.5 cm³/mol. The average Bonchev–Trinajstić information content (AvgIpc) is 2.85. The Morgan fingerprint density at radius 2 is 1.87 bits per heavy atom. The van der Waals surface area contributed by atoms with Gasteiger partial charge in [0.1, 0.15) is 5.60 Å². The van der Waals surface area contributed by atoms with E-state index in [-0.39, 0.29) is 6.09 Å². The summed E-state index contributed by atoms with van der Waals surface area (Å²) in [6.45, 7) is 7.58. The van der Waals surface area contributed by atoms with Gasteiger partial charge in [-0.2, -0.15) is 0 Å². The maximum absolute atomic E-state index is 12.7. The van der Waals surface area contributed by atoms with Crippen LogP contribution in [0.5, 0.6) is 0 Å². The third kappa shape index (κ3) is 3.11. The minimum Gasteiger partial charge on any atom is -0.443 e. The van der Waals surface area contributed by atoms with E-state index in [1.165, 1.54) is 0 Å². The number of fused-ring (bicyclic) bond motifs is 1. The smallest absolute Gasteiger partial charge is 0.419 e. The van der Waals surface area contributed by atoms with Crippen LogP contribution >= 0.6 is 0 Å². The van der Waals surface area contributed by atoms with E-state index in [2.05, 4.69) is 4.98 Å². The summed E-state index contributed by atoms with van der Waals surface area (Å²) in [5.74, 6) is 0. The molecule has 118 valence electrons. The van der Waals surface area contributed by atoms with Gasteiger partial charge in [-0.05, 0) is 51.5 Å². The van der Waals surface area contributed by atoms with Gasteiger partial charge >= 0.3 is 6.09 Å². The largest absolute Gasteiger partial charge is 0.443 e. The number of nitrogens with zero attached hydrogens (tertiary/aromatic N) is 2. The molecule has 0 fully saturated rings. The van der Waals surface area contributed by atoms with Crippen LogP contribution in [0.2, 0.25) is 0 Å². The zero-order valence-corrected chi connectivity index (χ0v) is 13.8. The molecule has 0 unspecified atom stereocenters. The van der Waals surface area contributed by atoms with Crippen molar-refractivity contribution in [1.82, 2.24) is 9.55 Å². The van der Waals surface area contributed by atoms with Crippen LogP contribution in [0.15, 0.2) is 48.8 Å². The molecule has 0 atom stereocenters. The van der Waals surface area contributed by atoms with Crippen LogP contribution < -0.4 is 0 Å². The lowest BCUT2D eigenvalue weighted by Crippen LogP contribution is -2.27. The molecule has 0 aliphatic heterocycles. The monoisotopic (exact) mass is 308 g/mol. The van der Waals surface area contributed by atoms with Crippen LogP contribution in [-0.4, -0.2) is 21.2 Å². The summed E-state index contributed by atoms with van der Waals surface area (Å²) < 4.78 is 7.21. The number of ether oxygens (including phenoxy) is 1. The first-order valence-electron chi connectivity index (χ1n) is 7.61. The summed E-state index contributed by atoms with van der Waals surface area (Å²) in [4.78, 5) is 17.0. The zero-order chi connectivity index (χ0) is 16.6. The minimum absolute atomic E-state index is 0.379. The molecule has 0 radical (unpaired) electrons. The first kappa shape index (κ1) is 15.3. The van der Waals surface area contributed by atoms with Gasteiger partial charge in [-0.3, -0.25) is 4.98 Å². The number of hydrogen-bond acceptors (Lipinski definition) is 3. The van der Waals surface area contributed by atoms with Gasteiger partial charge in [0.25, 0.3) is 0 Å². The number of aromatic nitrogens is 2. The molecule has 3 rings (SSSR count). The molecular weight excluding hydrogens is 288 g/mol. The van der Waals surface area contributed by atoms with Crippen LogP contribution in [0, 0.1) is 6.92 Å². The number of carbonyl (C=O) groups excluding carboxylic acids is 1. The summed E-state index contributed by atoms with van der Waals surface area (Å²) in [5, 5.41) is 0.995. The standard InChI is InChI=1S/C19H20N2O2/c1-13-9-15(12-20-11-13)17-10-14-7-5-6-8-16(14)21(17)18(22)23-19(2,3)4/h5-12H,1-4H3. The molecule has 1 aromatic carbocycles. The summed E-state index contributed by atoms with van der Waals surface area (Å²) in [5.41, 5.74) is 3.01. The van der Waals surface area contributed by atoms with Crippen LogP contribution in [0.25, 0.3) is 22.2 Å². The van der Waals surface area contributed by atoms with E-state index in [9.17, 15) is 4.79 Å². The van der Waals surface area contributed by atoms with Gasteiger partial charge < -0.3 is 4.74 Å². The van der Waals surface area contributed by atoms with Crippen molar-refractivity contribution in [1.29, 1.82) is 0 Å². The number of para-hydroxylation sites is 1. The van der Waals surface area contributed by atoms with Crippen molar-refractivity contribution in [2.24, 2.45) is 0 Å². The maximum Gasteiger partial charge on any atom is 0.419 e. The summed E-state index contributed by atoms with van der Waals surface area (Å²) in [6, 6.07) is 11.8. The second-order valence-corrected chi connectivity index (χ2v) is 6.66. The lowest BCUT2D eigenvalue weighted by Gasteiger charge is -2.21. The number of rotatable bonds is 1. The van der Waals surface area contributed by atoms with Crippen LogP contribution in [0.1, 0.15) is 26.3 Å². The van der Waals surface area contributed by atoms with Crippen molar-refractivity contribution in [2.75, 3.05) is 0 Å². The Kier molecular flexibility index (Phi) is 3.68. The number of benzene rings is 1. The Morgan fingerprint density at radius 3 is 2.57 bits per heavy atom. The van der Waals surface area contributed by atoms with E-state index in [1.54, 1.807) is 17.0 Å².